The Labute approximate surface area is 173 Å². The molecule has 0 heterocycles. The first-order valence-electron chi connectivity index (χ1n) is 11.1. The first-order valence-corrected chi connectivity index (χ1v) is 12.6. The fraction of sp³-hybridized carbons (Fsp3) is 0.952. The van der Waals surface area contributed by atoms with Crippen LogP contribution in [0.15, 0.2) is 0 Å². The molecule has 0 bridgehead atoms. The molecule has 0 aliphatic rings. The van der Waals surface area contributed by atoms with Crippen molar-refractivity contribution in [3.05, 3.63) is 0 Å². The second kappa shape index (κ2) is 17.4. The number of phosphoric ester groups is 1. The molecule has 0 aromatic rings. The van der Waals surface area contributed by atoms with E-state index in [1.807, 2.05) is 33.8 Å². The molecule has 0 saturated heterocycles. The van der Waals surface area contributed by atoms with Crippen molar-refractivity contribution in [3.63, 3.8) is 0 Å². The van der Waals surface area contributed by atoms with Gasteiger partial charge in [-0.2, -0.15) is 14.9 Å². The van der Waals surface area contributed by atoms with Gasteiger partial charge in [0.05, 0.1) is 25.7 Å². The second-order valence-electron chi connectivity index (χ2n) is 7.83. The van der Waals surface area contributed by atoms with Gasteiger partial charge >= 0.3 is 7.82 Å². The molecule has 28 heavy (non-hydrogen) atoms. The molecule has 166 valence electrons. The predicted molar refractivity (Wildman–Crippen MR) is 115 cm³/mol. The molecule has 0 aliphatic heterocycles. The van der Waals surface area contributed by atoms with Crippen LogP contribution in [0.1, 0.15) is 105 Å². The zero-order valence-electron chi connectivity index (χ0n) is 18.8. The smallest absolute Gasteiger partial charge is 0.286 e. The van der Waals surface area contributed by atoms with Crippen LogP contribution in [0, 0.1) is 11.3 Å². The average molecular weight is 419 g/mol. The van der Waals surface area contributed by atoms with E-state index < -0.39 is 7.82 Å². The quantitative estimate of drug-likeness (QED) is 0.128. The summed E-state index contributed by atoms with van der Waals surface area (Å²) in [6.45, 7) is 10.5. The van der Waals surface area contributed by atoms with Crippen molar-refractivity contribution < 1.29 is 18.2 Å². The molecule has 0 radical (unpaired) electrons. The molecule has 0 aromatic heterocycles. The van der Waals surface area contributed by atoms with Gasteiger partial charge in [0, 0.05) is 12.1 Å². The second-order valence-corrected chi connectivity index (χ2v) is 9.41. The van der Waals surface area contributed by atoms with Crippen LogP contribution in [-0.4, -0.2) is 30.4 Å². The van der Waals surface area contributed by atoms with Gasteiger partial charge in [-0.1, -0.05) is 64.7 Å². The minimum absolute atomic E-state index is 0.0359. The molecule has 0 N–H and O–H groups in total. The standard InChI is InChI=1S/C21H43N2O4P/c1-6-7-8-9-10-11-12-13-14-15-18-25-28(24,26-19-16-17-22)27-23(20(2)3)21(4)5/h20-21H,6-16,18-19H2,1-5H3. The van der Waals surface area contributed by atoms with Crippen molar-refractivity contribution >= 4 is 7.82 Å². The number of unbranched alkanes of at least 4 members (excludes halogenated alkanes) is 9. The topological polar surface area (TPSA) is 71.8 Å². The highest BCUT2D eigenvalue weighted by molar-refractivity contribution is 7.48. The van der Waals surface area contributed by atoms with Gasteiger partial charge in [0.15, 0.2) is 0 Å². The molecule has 7 heteroatoms. The zero-order chi connectivity index (χ0) is 21.3. The highest BCUT2D eigenvalue weighted by Crippen LogP contribution is 2.51. The summed E-state index contributed by atoms with van der Waals surface area (Å²) < 4.78 is 29.5. The number of hydrogen-bond donors (Lipinski definition) is 0. The molecule has 0 rings (SSSR count). The maximum Gasteiger partial charge on any atom is 0.491 e. The van der Waals surface area contributed by atoms with Crippen molar-refractivity contribution in [1.82, 2.24) is 5.06 Å². The van der Waals surface area contributed by atoms with Gasteiger partial charge in [-0.05, 0) is 34.1 Å². The van der Waals surface area contributed by atoms with Gasteiger partial charge in [0.2, 0.25) is 0 Å². The summed E-state index contributed by atoms with van der Waals surface area (Å²) in [4.78, 5) is 0. The number of hydroxylamine groups is 2. The monoisotopic (exact) mass is 418 g/mol. The van der Waals surface area contributed by atoms with E-state index in [1.54, 1.807) is 5.06 Å². The SMILES string of the molecule is CCCCCCCCCCCCOP(=O)(OCCC#N)ON(C(C)C)C(C)C. The molecule has 6 nitrogen and oxygen atoms in total. The van der Waals surface area contributed by atoms with Crippen molar-refractivity contribution in [2.45, 2.75) is 117 Å². The normalized spacial score (nSPS) is 14.0. The highest BCUT2D eigenvalue weighted by Gasteiger charge is 2.32. The van der Waals surface area contributed by atoms with Crippen LogP contribution in [0.25, 0.3) is 0 Å². The molecule has 0 aromatic carbocycles. The van der Waals surface area contributed by atoms with Crippen LogP contribution in [0.3, 0.4) is 0 Å². The van der Waals surface area contributed by atoms with Crippen LogP contribution in [0.5, 0.6) is 0 Å². The third-order valence-corrected chi connectivity index (χ3v) is 5.81. The number of rotatable bonds is 19. The van der Waals surface area contributed by atoms with E-state index in [2.05, 4.69) is 6.92 Å². The first kappa shape index (κ1) is 27.6. The molecule has 0 spiro atoms. The van der Waals surface area contributed by atoms with Gasteiger partial charge in [0.1, 0.15) is 0 Å². The Kier molecular flexibility index (Phi) is 17.1. The Bertz CT molecular complexity index is 444. The Balaban J connectivity index is 4.18. The Morgan fingerprint density at radius 2 is 1.29 bits per heavy atom. The summed E-state index contributed by atoms with van der Waals surface area (Å²) in [6, 6.07) is 2.05. The molecular weight excluding hydrogens is 375 g/mol. The minimum Gasteiger partial charge on any atom is -0.286 e. The van der Waals surface area contributed by atoms with E-state index in [4.69, 9.17) is 18.9 Å². The van der Waals surface area contributed by atoms with Crippen LogP contribution in [0.2, 0.25) is 0 Å². The lowest BCUT2D eigenvalue weighted by molar-refractivity contribution is -0.136. The molecule has 1 unspecified atom stereocenters. The van der Waals surface area contributed by atoms with E-state index in [9.17, 15) is 4.57 Å². The van der Waals surface area contributed by atoms with Crippen molar-refractivity contribution in [2.75, 3.05) is 13.2 Å². The van der Waals surface area contributed by atoms with Crippen molar-refractivity contribution in [3.8, 4) is 6.07 Å². The number of hydrogen-bond acceptors (Lipinski definition) is 6. The van der Waals surface area contributed by atoms with E-state index in [-0.39, 0.29) is 25.1 Å². The third-order valence-electron chi connectivity index (χ3n) is 4.42. The van der Waals surface area contributed by atoms with E-state index in [1.165, 1.54) is 51.4 Å². The van der Waals surface area contributed by atoms with E-state index in [0.29, 0.717) is 6.61 Å². The molecule has 0 aliphatic carbocycles. The van der Waals surface area contributed by atoms with Gasteiger partial charge < -0.3 is 0 Å². The summed E-state index contributed by atoms with van der Waals surface area (Å²) >= 11 is 0. The average Bonchev–Trinajstić information content (AvgIpc) is 2.64. The number of phosphoric acid groups is 1. The molecule has 0 fully saturated rings. The van der Waals surface area contributed by atoms with Crippen LogP contribution < -0.4 is 0 Å². The molecule has 1 atom stereocenters. The lowest BCUT2D eigenvalue weighted by Gasteiger charge is -2.31. The maximum absolute atomic E-state index is 12.9. The summed E-state index contributed by atoms with van der Waals surface area (Å²) in [5, 5.41) is 10.3. The van der Waals surface area contributed by atoms with Gasteiger partial charge in [-0.15, -0.1) is 0 Å². The van der Waals surface area contributed by atoms with Gasteiger partial charge in [-0.3, -0.25) is 9.05 Å². The summed E-state index contributed by atoms with van der Waals surface area (Å²) in [5.74, 6) is 0. The van der Waals surface area contributed by atoms with Crippen molar-refractivity contribution in [2.24, 2.45) is 0 Å². The third kappa shape index (κ3) is 14.5. The minimum atomic E-state index is -3.72. The van der Waals surface area contributed by atoms with Crippen LogP contribution >= 0.6 is 7.82 Å². The fourth-order valence-electron chi connectivity index (χ4n) is 2.95. The number of nitrogens with zero attached hydrogens (tertiary/aromatic N) is 2. The zero-order valence-corrected chi connectivity index (χ0v) is 19.7. The van der Waals surface area contributed by atoms with E-state index in [0.717, 1.165) is 12.8 Å². The lowest BCUT2D eigenvalue weighted by atomic mass is 10.1. The molecule has 0 amide bonds. The van der Waals surface area contributed by atoms with E-state index >= 15 is 0 Å². The highest BCUT2D eigenvalue weighted by atomic mass is 31.2. The Hall–Kier alpha value is -0.440. The van der Waals surface area contributed by atoms with Gasteiger partial charge in [-0.25, -0.2) is 4.57 Å². The van der Waals surface area contributed by atoms with Crippen LogP contribution in [0.4, 0.5) is 0 Å². The van der Waals surface area contributed by atoms with Crippen LogP contribution in [-0.2, 0) is 18.2 Å². The Morgan fingerprint density at radius 3 is 1.75 bits per heavy atom. The fourth-order valence-corrected chi connectivity index (χ4v) is 4.40. The molecule has 0 saturated carbocycles. The first-order chi connectivity index (χ1) is 13.4. The van der Waals surface area contributed by atoms with Crippen molar-refractivity contribution in [1.29, 1.82) is 5.26 Å². The maximum atomic E-state index is 12.9. The summed E-state index contributed by atoms with van der Waals surface area (Å²) in [6.07, 6.45) is 12.4. The molecular formula is C21H43N2O4P. The van der Waals surface area contributed by atoms with Gasteiger partial charge in [0.25, 0.3) is 0 Å². The lowest BCUT2D eigenvalue weighted by Crippen LogP contribution is -2.36. The Morgan fingerprint density at radius 1 is 0.821 bits per heavy atom. The summed E-state index contributed by atoms with van der Waals surface area (Å²) in [5.41, 5.74) is 0. The predicted octanol–water partition coefficient (Wildman–Crippen LogP) is 7.01. The largest absolute Gasteiger partial charge is 0.491 e. The number of nitriles is 1. The summed E-state index contributed by atoms with van der Waals surface area (Å²) in [7, 11) is -3.72.